The van der Waals surface area contributed by atoms with E-state index in [0.717, 1.165) is 18.4 Å². The second-order valence-corrected chi connectivity index (χ2v) is 5.12. The van der Waals surface area contributed by atoms with Gasteiger partial charge in [0.2, 0.25) is 5.91 Å². The molecule has 1 amide bonds. The molecule has 1 fully saturated rings. The van der Waals surface area contributed by atoms with Crippen molar-refractivity contribution in [3.8, 4) is 5.75 Å². The summed E-state index contributed by atoms with van der Waals surface area (Å²) in [5, 5.41) is 3.69. The average molecular weight is 268 g/mol. The summed E-state index contributed by atoms with van der Waals surface area (Å²) in [5.41, 5.74) is 0.834. The molecular formula is C14H18ClNO2. The average Bonchev–Trinajstić information content (AvgIpc) is 2.82. The van der Waals surface area contributed by atoms with Crippen molar-refractivity contribution in [1.82, 2.24) is 5.32 Å². The summed E-state index contributed by atoms with van der Waals surface area (Å²) in [6.07, 6.45) is 4.94. The van der Waals surface area contributed by atoms with E-state index >= 15 is 0 Å². The Labute approximate surface area is 112 Å². The molecule has 1 aromatic carbocycles. The number of methoxy groups -OCH3 is 1. The first-order valence-corrected chi connectivity index (χ1v) is 6.68. The zero-order valence-electron chi connectivity index (χ0n) is 10.5. The Kier molecular flexibility index (Phi) is 4.48. The van der Waals surface area contributed by atoms with E-state index in [0.29, 0.717) is 23.2 Å². The van der Waals surface area contributed by atoms with Crippen LogP contribution < -0.4 is 10.1 Å². The summed E-state index contributed by atoms with van der Waals surface area (Å²) < 4.78 is 5.23. The van der Waals surface area contributed by atoms with E-state index in [9.17, 15) is 4.79 Å². The van der Waals surface area contributed by atoms with Crippen molar-refractivity contribution in [3.05, 3.63) is 28.8 Å². The van der Waals surface area contributed by atoms with Crippen LogP contribution in [-0.2, 0) is 11.2 Å². The van der Waals surface area contributed by atoms with E-state index in [2.05, 4.69) is 5.32 Å². The Bertz CT molecular complexity index is 428. The molecular weight excluding hydrogens is 250 g/mol. The topological polar surface area (TPSA) is 38.3 Å². The minimum Gasteiger partial charge on any atom is -0.496 e. The fourth-order valence-corrected chi connectivity index (χ4v) is 2.60. The highest BCUT2D eigenvalue weighted by Gasteiger charge is 2.18. The molecule has 0 unspecified atom stereocenters. The smallest absolute Gasteiger partial charge is 0.224 e. The van der Waals surface area contributed by atoms with Crippen molar-refractivity contribution >= 4 is 17.5 Å². The Morgan fingerprint density at radius 3 is 2.83 bits per heavy atom. The fraction of sp³-hybridized carbons (Fsp3) is 0.500. The standard InChI is InChI=1S/C14H18ClNO2/c1-18-13-7-6-11(15)8-10(13)9-14(17)16-12-4-2-3-5-12/h6-8,12H,2-5,9H2,1H3,(H,16,17). The molecule has 0 radical (unpaired) electrons. The molecule has 1 aliphatic rings. The van der Waals surface area contributed by atoms with Gasteiger partial charge in [0.1, 0.15) is 5.75 Å². The van der Waals surface area contributed by atoms with Crippen molar-refractivity contribution < 1.29 is 9.53 Å². The number of nitrogens with one attached hydrogen (secondary N) is 1. The molecule has 1 N–H and O–H groups in total. The van der Waals surface area contributed by atoms with Gasteiger partial charge < -0.3 is 10.1 Å². The van der Waals surface area contributed by atoms with Gasteiger partial charge in [-0.15, -0.1) is 0 Å². The maximum Gasteiger partial charge on any atom is 0.224 e. The SMILES string of the molecule is COc1ccc(Cl)cc1CC(=O)NC1CCCC1. The first kappa shape index (κ1) is 13.2. The van der Waals surface area contributed by atoms with Gasteiger partial charge in [0, 0.05) is 16.6 Å². The lowest BCUT2D eigenvalue weighted by atomic mass is 10.1. The Hall–Kier alpha value is -1.22. The van der Waals surface area contributed by atoms with E-state index in [1.54, 1.807) is 25.3 Å². The summed E-state index contributed by atoms with van der Waals surface area (Å²) in [4.78, 5) is 11.9. The molecule has 0 atom stereocenters. The van der Waals surface area contributed by atoms with E-state index in [1.165, 1.54) is 12.8 Å². The Balaban J connectivity index is 1.99. The number of halogens is 1. The predicted molar refractivity (Wildman–Crippen MR) is 72.1 cm³/mol. The number of ether oxygens (including phenoxy) is 1. The number of amides is 1. The molecule has 0 bridgehead atoms. The first-order valence-electron chi connectivity index (χ1n) is 6.31. The molecule has 1 aromatic rings. The number of carbonyl (C=O) groups excluding carboxylic acids is 1. The van der Waals surface area contributed by atoms with Crippen LogP contribution in [0, 0.1) is 0 Å². The lowest BCUT2D eigenvalue weighted by Crippen LogP contribution is -2.33. The normalized spacial score (nSPS) is 15.7. The third-order valence-corrected chi connectivity index (χ3v) is 3.55. The van der Waals surface area contributed by atoms with Crippen LogP contribution in [0.4, 0.5) is 0 Å². The monoisotopic (exact) mass is 267 g/mol. The van der Waals surface area contributed by atoms with Crippen molar-refractivity contribution in [2.24, 2.45) is 0 Å². The van der Waals surface area contributed by atoms with Crippen LogP contribution in [0.1, 0.15) is 31.2 Å². The summed E-state index contributed by atoms with van der Waals surface area (Å²) >= 11 is 5.94. The molecule has 1 aliphatic carbocycles. The zero-order chi connectivity index (χ0) is 13.0. The number of hydrogen-bond acceptors (Lipinski definition) is 2. The second kappa shape index (κ2) is 6.10. The maximum atomic E-state index is 11.9. The molecule has 0 heterocycles. The summed E-state index contributed by atoms with van der Waals surface area (Å²) in [5.74, 6) is 0.753. The van der Waals surface area contributed by atoms with Gasteiger partial charge in [-0.3, -0.25) is 4.79 Å². The molecule has 98 valence electrons. The molecule has 0 saturated heterocycles. The molecule has 3 nitrogen and oxygen atoms in total. The van der Waals surface area contributed by atoms with E-state index in [1.807, 2.05) is 0 Å². The predicted octanol–water partition coefficient (Wildman–Crippen LogP) is 2.95. The largest absolute Gasteiger partial charge is 0.496 e. The van der Waals surface area contributed by atoms with Gasteiger partial charge in [-0.1, -0.05) is 24.4 Å². The number of rotatable bonds is 4. The van der Waals surface area contributed by atoms with Crippen molar-refractivity contribution in [2.75, 3.05) is 7.11 Å². The highest BCUT2D eigenvalue weighted by molar-refractivity contribution is 6.30. The number of benzene rings is 1. The third-order valence-electron chi connectivity index (χ3n) is 3.31. The van der Waals surface area contributed by atoms with Crippen LogP contribution in [0.2, 0.25) is 5.02 Å². The molecule has 2 rings (SSSR count). The maximum absolute atomic E-state index is 11.9. The minimum atomic E-state index is 0.0440. The van der Waals surface area contributed by atoms with Gasteiger partial charge in [-0.25, -0.2) is 0 Å². The molecule has 4 heteroatoms. The zero-order valence-corrected chi connectivity index (χ0v) is 11.3. The van der Waals surface area contributed by atoms with Gasteiger partial charge in [-0.05, 0) is 31.0 Å². The summed E-state index contributed by atoms with van der Waals surface area (Å²) in [7, 11) is 1.60. The van der Waals surface area contributed by atoms with Crippen LogP contribution in [-0.4, -0.2) is 19.1 Å². The lowest BCUT2D eigenvalue weighted by molar-refractivity contribution is -0.121. The Morgan fingerprint density at radius 2 is 2.17 bits per heavy atom. The third kappa shape index (κ3) is 3.39. The van der Waals surface area contributed by atoms with Crippen LogP contribution in [0.3, 0.4) is 0 Å². The summed E-state index contributed by atoms with van der Waals surface area (Å²) in [6, 6.07) is 5.69. The highest BCUT2D eigenvalue weighted by Crippen LogP contribution is 2.23. The van der Waals surface area contributed by atoms with Gasteiger partial charge in [0.05, 0.1) is 13.5 Å². The number of carbonyl (C=O) groups is 1. The minimum absolute atomic E-state index is 0.0440. The molecule has 0 spiro atoms. The van der Waals surface area contributed by atoms with E-state index in [-0.39, 0.29) is 5.91 Å². The van der Waals surface area contributed by atoms with Gasteiger partial charge in [-0.2, -0.15) is 0 Å². The van der Waals surface area contributed by atoms with Crippen molar-refractivity contribution in [1.29, 1.82) is 0 Å². The van der Waals surface area contributed by atoms with Gasteiger partial charge in [0.15, 0.2) is 0 Å². The van der Waals surface area contributed by atoms with Crippen LogP contribution in [0.5, 0.6) is 5.75 Å². The second-order valence-electron chi connectivity index (χ2n) is 4.68. The van der Waals surface area contributed by atoms with Crippen LogP contribution in [0.15, 0.2) is 18.2 Å². The van der Waals surface area contributed by atoms with Crippen LogP contribution >= 0.6 is 11.6 Å². The Morgan fingerprint density at radius 1 is 1.44 bits per heavy atom. The van der Waals surface area contributed by atoms with Crippen LogP contribution in [0.25, 0.3) is 0 Å². The molecule has 0 aromatic heterocycles. The first-order chi connectivity index (χ1) is 8.69. The molecule has 0 aliphatic heterocycles. The quantitative estimate of drug-likeness (QED) is 0.911. The summed E-state index contributed by atoms with van der Waals surface area (Å²) in [6.45, 7) is 0. The molecule has 18 heavy (non-hydrogen) atoms. The van der Waals surface area contributed by atoms with Crippen molar-refractivity contribution in [2.45, 2.75) is 38.1 Å². The highest BCUT2D eigenvalue weighted by atomic mass is 35.5. The van der Waals surface area contributed by atoms with E-state index in [4.69, 9.17) is 16.3 Å². The number of hydrogen-bond donors (Lipinski definition) is 1. The molecule has 1 saturated carbocycles. The van der Waals surface area contributed by atoms with Gasteiger partial charge in [0.25, 0.3) is 0 Å². The van der Waals surface area contributed by atoms with E-state index < -0.39 is 0 Å². The lowest BCUT2D eigenvalue weighted by Gasteiger charge is -2.13. The van der Waals surface area contributed by atoms with Gasteiger partial charge >= 0.3 is 0 Å². The fourth-order valence-electron chi connectivity index (χ4n) is 2.41. The van der Waals surface area contributed by atoms with Crippen molar-refractivity contribution in [3.63, 3.8) is 0 Å².